The van der Waals surface area contributed by atoms with Crippen molar-refractivity contribution in [1.29, 1.82) is 0 Å². The maximum Gasteiger partial charge on any atom is 0.267 e. The number of H-pyrrole nitrogens is 1. The van der Waals surface area contributed by atoms with E-state index in [1.165, 1.54) is 4.90 Å². The van der Waals surface area contributed by atoms with E-state index in [9.17, 15) is 9.59 Å². The number of aromatic nitrogens is 2. The van der Waals surface area contributed by atoms with Crippen LogP contribution in [0.3, 0.4) is 0 Å². The van der Waals surface area contributed by atoms with E-state index in [4.69, 9.17) is 9.47 Å². The van der Waals surface area contributed by atoms with Gasteiger partial charge in [0.15, 0.2) is 17.3 Å². The molecular weight excluding hydrogens is 384 g/mol. The standard InChI is InChI=1S/C22H22N4O4/c27-21-15-5-1-2-6-16(15)23-20(24-21)13-25-9-11-26(12-10-25)22(28)19-14-29-17-7-3-4-8-18(17)30-19/h1-8,19H,9-14H2,(H,23,24,27)/p+1/t19-/m1/s1. The topological polar surface area (TPSA) is 89.0 Å². The van der Waals surface area contributed by atoms with Crippen molar-refractivity contribution in [3.63, 3.8) is 0 Å². The normalized spacial score (nSPS) is 19.1. The lowest BCUT2D eigenvalue weighted by molar-refractivity contribution is -0.918. The molecule has 3 heterocycles. The van der Waals surface area contributed by atoms with Crippen LogP contribution in [-0.2, 0) is 11.3 Å². The van der Waals surface area contributed by atoms with Crippen molar-refractivity contribution >= 4 is 16.8 Å². The second-order valence-corrected chi connectivity index (χ2v) is 7.65. The Bertz CT molecular complexity index is 1140. The molecule has 1 atom stereocenters. The van der Waals surface area contributed by atoms with Crippen LogP contribution >= 0.6 is 0 Å². The number of fused-ring (bicyclic) bond motifs is 2. The molecule has 2 N–H and O–H groups in total. The SMILES string of the molecule is O=C([C@H]1COc2ccccc2O1)N1CC[NH+](Cc2nc3ccccc3c(=O)[nH]2)CC1. The average Bonchev–Trinajstić information content (AvgIpc) is 2.79. The Morgan fingerprint density at radius 3 is 2.67 bits per heavy atom. The molecule has 30 heavy (non-hydrogen) atoms. The van der Waals surface area contributed by atoms with Gasteiger partial charge in [-0.2, -0.15) is 0 Å². The molecule has 8 nitrogen and oxygen atoms in total. The zero-order valence-corrected chi connectivity index (χ0v) is 16.5. The van der Waals surface area contributed by atoms with Gasteiger partial charge in [-0.3, -0.25) is 9.59 Å². The molecule has 1 amide bonds. The summed E-state index contributed by atoms with van der Waals surface area (Å²) in [4.78, 5) is 35.7. The van der Waals surface area contributed by atoms with Gasteiger partial charge in [0.1, 0.15) is 13.2 Å². The Kier molecular flexibility index (Phi) is 4.84. The number of piperazine rings is 1. The minimum atomic E-state index is -0.611. The molecule has 2 aliphatic rings. The molecule has 2 aromatic carbocycles. The van der Waals surface area contributed by atoms with E-state index in [1.54, 1.807) is 6.07 Å². The molecule has 0 spiro atoms. The number of rotatable bonds is 3. The summed E-state index contributed by atoms with van der Waals surface area (Å²) >= 11 is 0. The van der Waals surface area contributed by atoms with E-state index in [-0.39, 0.29) is 18.1 Å². The smallest absolute Gasteiger partial charge is 0.267 e. The number of hydrogen-bond donors (Lipinski definition) is 2. The van der Waals surface area contributed by atoms with Crippen molar-refractivity contribution in [3.8, 4) is 11.5 Å². The maximum atomic E-state index is 12.9. The first-order valence-electron chi connectivity index (χ1n) is 10.2. The molecule has 1 aromatic heterocycles. The third-order valence-electron chi connectivity index (χ3n) is 5.65. The monoisotopic (exact) mass is 407 g/mol. The molecule has 8 heteroatoms. The van der Waals surface area contributed by atoms with E-state index in [1.807, 2.05) is 47.4 Å². The number of hydrogen-bond acceptors (Lipinski definition) is 5. The predicted molar refractivity (Wildman–Crippen MR) is 110 cm³/mol. The van der Waals surface area contributed by atoms with Crippen LogP contribution in [-0.4, -0.2) is 59.7 Å². The second-order valence-electron chi connectivity index (χ2n) is 7.65. The lowest BCUT2D eigenvalue weighted by Gasteiger charge is -2.35. The van der Waals surface area contributed by atoms with Gasteiger partial charge in [0, 0.05) is 0 Å². The van der Waals surface area contributed by atoms with Gasteiger partial charge in [0.2, 0.25) is 6.10 Å². The van der Waals surface area contributed by atoms with Crippen LogP contribution in [0.4, 0.5) is 0 Å². The number of aromatic amines is 1. The predicted octanol–water partition coefficient (Wildman–Crippen LogP) is -0.00980. The van der Waals surface area contributed by atoms with Crippen LogP contribution in [0.2, 0.25) is 0 Å². The van der Waals surface area contributed by atoms with Crippen LogP contribution in [0.5, 0.6) is 11.5 Å². The van der Waals surface area contributed by atoms with Crippen LogP contribution < -0.4 is 19.9 Å². The average molecular weight is 407 g/mol. The van der Waals surface area contributed by atoms with Gasteiger partial charge in [0.25, 0.3) is 11.5 Å². The Balaban J connectivity index is 1.20. The second kappa shape index (κ2) is 7.79. The summed E-state index contributed by atoms with van der Waals surface area (Å²) < 4.78 is 11.5. The molecule has 0 unspecified atom stereocenters. The maximum absolute atomic E-state index is 12.9. The van der Waals surface area contributed by atoms with Crippen molar-refractivity contribution in [2.45, 2.75) is 12.6 Å². The number of nitrogens with zero attached hydrogens (tertiary/aromatic N) is 2. The molecule has 1 fully saturated rings. The molecule has 154 valence electrons. The van der Waals surface area contributed by atoms with Gasteiger partial charge in [-0.25, -0.2) is 4.98 Å². The van der Waals surface area contributed by atoms with E-state index in [0.717, 1.165) is 13.1 Å². The molecule has 0 bridgehead atoms. The molecule has 1 saturated heterocycles. The number of nitrogens with one attached hydrogen (secondary N) is 2. The Morgan fingerprint density at radius 2 is 1.83 bits per heavy atom. The molecule has 3 aromatic rings. The number of benzene rings is 2. The fourth-order valence-electron chi connectivity index (χ4n) is 4.02. The van der Waals surface area contributed by atoms with Crippen molar-refractivity contribution in [1.82, 2.24) is 14.9 Å². The number of para-hydroxylation sites is 3. The van der Waals surface area contributed by atoms with E-state index < -0.39 is 6.10 Å². The molecule has 2 aliphatic heterocycles. The Hall–Kier alpha value is -3.39. The summed E-state index contributed by atoms with van der Waals surface area (Å²) in [7, 11) is 0. The van der Waals surface area contributed by atoms with Crippen molar-refractivity contribution < 1.29 is 19.2 Å². The first-order valence-corrected chi connectivity index (χ1v) is 10.2. The van der Waals surface area contributed by atoms with E-state index in [2.05, 4.69) is 9.97 Å². The highest BCUT2D eigenvalue weighted by atomic mass is 16.6. The number of carbonyl (C=O) groups excluding carboxylic acids is 1. The van der Waals surface area contributed by atoms with Gasteiger partial charge < -0.3 is 24.3 Å². The van der Waals surface area contributed by atoms with E-state index >= 15 is 0 Å². The summed E-state index contributed by atoms with van der Waals surface area (Å²) in [5.74, 6) is 1.92. The lowest BCUT2D eigenvalue weighted by atomic mass is 10.2. The Morgan fingerprint density at radius 1 is 1.10 bits per heavy atom. The van der Waals surface area contributed by atoms with Crippen molar-refractivity contribution in [3.05, 3.63) is 64.7 Å². The quantitative estimate of drug-likeness (QED) is 0.638. The fourth-order valence-corrected chi connectivity index (χ4v) is 4.02. The first-order chi connectivity index (χ1) is 14.7. The number of amides is 1. The zero-order valence-electron chi connectivity index (χ0n) is 16.5. The third kappa shape index (κ3) is 3.61. The highest BCUT2D eigenvalue weighted by Gasteiger charge is 2.33. The minimum absolute atomic E-state index is 0.0409. The molecule has 0 radical (unpaired) electrons. The summed E-state index contributed by atoms with van der Waals surface area (Å²) in [5.41, 5.74) is 0.595. The largest absolute Gasteiger partial charge is 0.485 e. The first kappa shape index (κ1) is 18.6. The molecule has 5 rings (SSSR count). The highest BCUT2D eigenvalue weighted by molar-refractivity contribution is 5.82. The number of ether oxygens (including phenoxy) is 2. The van der Waals surface area contributed by atoms with Gasteiger partial charge in [-0.1, -0.05) is 24.3 Å². The van der Waals surface area contributed by atoms with Crippen LogP contribution in [0.15, 0.2) is 53.3 Å². The van der Waals surface area contributed by atoms with Crippen molar-refractivity contribution in [2.75, 3.05) is 32.8 Å². The van der Waals surface area contributed by atoms with Crippen LogP contribution in [0.1, 0.15) is 5.82 Å². The van der Waals surface area contributed by atoms with Crippen LogP contribution in [0.25, 0.3) is 10.9 Å². The Labute approximate surface area is 173 Å². The van der Waals surface area contributed by atoms with Gasteiger partial charge in [-0.05, 0) is 24.3 Å². The number of carbonyl (C=O) groups is 1. The minimum Gasteiger partial charge on any atom is -0.485 e. The van der Waals surface area contributed by atoms with Gasteiger partial charge in [0.05, 0.1) is 37.1 Å². The van der Waals surface area contributed by atoms with Gasteiger partial charge >= 0.3 is 0 Å². The van der Waals surface area contributed by atoms with Crippen molar-refractivity contribution in [2.24, 2.45) is 0 Å². The fraction of sp³-hybridized carbons (Fsp3) is 0.318. The summed E-state index contributed by atoms with van der Waals surface area (Å²) in [6.45, 7) is 3.68. The third-order valence-corrected chi connectivity index (χ3v) is 5.65. The zero-order chi connectivity index (χ0) is 20.5. The summed E-state index contributed by atoms with van der Waals surface area (Å²) in [6.07, 6.45) is -0.611. The summed E-state index contributed by atoms with van der Waals surface area (Å²) in [6, 6.07) is 14.7. The molecular formula is C22H23N4O4+. The van der Waals surface area contributed by atoms with Gasteiger partial charge in [-0.15, -0.1) is 0 Å². The van der Waals surface area contributed by atoms with Crippen LogP contribution in [0, 0.1) is 0 Å². The lowest BCUT2D eigenvalue weighted by Crippen LogP contribution is -3.13. The van der Waals surface area contributed by atoms with E-state index in [0.29, 0.717) is 47.9 Å². The highest BCUT2D eigenvalue weighted by Crippen LogP contribution is 2.31. The molecule has 0 saturated carbocycles. The number of quaternary nitrogens is 1. The molecule has 0 aliphatic carbocycles. The summed E-state index contributed by atoms with van der Waals surface area (Å²) in [5, 5.41) is 0.600.